The first-order valence-corrected chi connectivity index (χ1v) is 6.59. The van der Waals surface area contributed by atoms with E-state index < -0.39 is 0 Å². The summed E-state index contributed by atoms with van der Waals surface area (Å²) >= 11 is 0. The molecule has 3 nitrogen and oxygen atoms in total. The van der Waals surface area contributed by atoms with Crippen LogP contribution in [0, 0.1) is 0 Å². The van der Waals surface area contributed by atoms with Gasteiger partial charge in [0.25, 0.3) is 0 Å². The van der Waals surface area contributed by atoms with Crippen molar-refractivity contribution in [2.24, 2.45) is 5.16 Å². The molecule has 1 aromatic heterocycles. The van der Waals surface area contributed by atoms with Crippen molar-refractivity contribution in [2.75, 3.05) is 0 Å². The average Bonchev–Trinajstić information content (AvgIpc) is 2.46. The summed E-state index contributed by atoms with van der Waals surface area (Å²) in [6, 6.07) is 14.4. The molecule has 0 spiro atoms. The molecule has 0 aliphatic heterocycles. The van der Waals surface area contributed by atoms with Crippen LogP contribution in [0.1, 0.15) is 24.0 Å². The second-order valence-electron chi connectivity index (χ2n) is 4.56. The molecule has 1 N–H and O–H groups in total. The summed E-state index contributed by atoms with van der Waals surface area (Å²) in [5.41, 5.74) is 2.31. The van der Waals surface area contributed by atoms with Gasteiger partial charge in [-0.25, -0.2) is 4.57 Å². The average molecular weight is 255 g/mol. The van der Waals surface area contributed by atoms with Crippen molar-refractivity contribution in [3.63, 3.8) is 0 Å². The van der Waals surface area contributed by atoms with Gasteiger partial charge < -0.3 is 5.21 Å². The van der Waals surface area contributed by atoms with E-state index in [1.807, 2.05) is 30.6 Å². The largest absolute Gasteiger partial charge is 0.411 e. The summed E-state index contributed by atoms with van der Waals surface area (Å²) < 4.78 is 2.13. The second kappa shape index (κ2) is 7.31. The highest BCUT2D eigenvalue weighted by Gasteiger charge is 2.01. The number of nitrogens with zero attached hydrogens (tertiary/aromatic N) is 2. The first-order valence-electron chi connectivity index (χ1n) is 6.59. The number of pyridine rings is 1. The van der Waals surface area contributed by atoms with Gasteiger partial charge in [-0.05, 0) is 24.5 Å². The molecule has 0 amide bonds. The Morgan fingerprint density at radius 3 is 2.68 bits per heavy atom. The van der Waals surface area contributed by atoms with E-state index in [-0.39, 0.29) is 0 Å². The van der Waals surface area contributed by atoms with Crippen molar-refractivity contribution in [3.05, 3.63) is 66.0 Å². The first kappa shape index (κ1) is 13.3. The molecule has 1 aromatic carbocycles. The molecule has 0 radical (unpaired) electrons. The highest BCUT2D eigenvalue weighted by molar-refractivity contribution is 5.77. The molecule has 0 saturated heterocycles. The summed E-state index contributed by atoms with van der Waals surface area (Å²) in [4.78, 5) is 0. The van der Waals surface area contributed by atoms with Crippen molar-refractivity contribution >= 4 is 6.21 Å². The van der Waals surface area contributed by atoms with Gasteiger partial charge in [-0.3, -0.25) is 0 Å². The number of hydrogen-bond acceptors (Lipinski definition) is 2. The van der Waals surface area contributed by atoms with E-state index in [2.05, 4.69) is 34.0 Å². The number of unbranched alkanes of at least 4 members (excludes halogenated alkanes) is 1. The zero-order valence-electron chi connectivity index (χ0n) is 10.9. The fourth-order valence-electron chi connectivity index (χ4n) is 2.09. The maximum absolute atomic E-state index is 8.51. The molecule has 2 aromatic rings. The molecule has 0 aliphatic rings. The lowest BCUT2D eigenvalue weighted by atomic mass is 10.1. The van der Waals surface area contributed by atoms with Gasteiger partial charge in [0, 0.05) is 12.5 Å². The van der Waals surface area contributed by atoms with Crippen LogP contribution in [0.15, 0.2) is 60.0 Å². The van der Waals surface area contributed by atoms with Crippen LogP contribution in [0.2, 0.25) is 0 Å². The van der Waals surface area contributed by atoms with E-state index >= 15 is 0 Å². The minimum atomic E-state index is 0.910. The molecular weight excluding hydrogens is 236 g/mol. The Morgan fingerprint density at radius 1 is 1.05 bits per heavy atom. The highest BCUT2D eigenvalue weighted by atomic mass is 16.4. The molecule has 0 aliphatic carbocycles. The van der Waals surface area contributed by atoms with Crippen molar-refractivity contribution < 1.29 is 9.77 Å². The van der Waals surface area contributed by atoms with Gasteiger partial charge in [0.2, 0.25) is 0 Å². The number of benzene rings is 1. The topological polar surface area (TPSA) is 36.5 Å². The SMILES string of the molecule is O/N=C\c1ccc[n+](CCCCc2ccccc2)c1. The third-order valence-electron chi connectivity index (χ3n) is 3.06. The van der Waals surface area contributed by atoms with E-state index in [4.69, 9.17) is 5.21 Å². The Balaban J connectivity index is 1.78. The Bertz CT molecular complexity index is 523. The fourth-order valence-corrected chi connectivity index (χ4v) is 2.09. The third kappa shape index (κ3) is 4.54. The quantitative estimate of drug-likeness (QED) is 0.278. The molecular formula is C16H19N2O+. The summed E-state index contributed by atoms with van der Waals surface area (Å²) in [6.45, 7) is 0.986. The molecule has 2 rings (SSSR count). The minimum absolute atomic E-state index is 0.910. The number of oxime groups is 1. The first-order chi connectivity index (χ1) is 9.38. The summed E-state index contributed by atoms with van der Waals surface area (Å²) in [7, 11) is 0. The van der Waals surface area contributed by atoms with Gasteiger partial charge in [0.1, 0.15) is 6.54 Å². The van der Waals surface area contributed by atoms with Crippen LogP contribution in [0.3, 0.4) is 0 Å². The minimum Gasteiger partial charge on any atom is -0.411 e. The van der Waals surface area contributed by atoms with E-state index in [0.717, 1.165) is 24.9 Å². The van der Waals surface area contributed by atoms with Crippen LogP contribution in [0.25, 0.3) is 0 Å². The van der Waals surface area contributed by atoms with E-state index in [9.17, 15) is 0 Å². The zero-order chi connectivity index (χ0) is 13.3. The molecule has 0 atom stereocenters. The Kier molecular flexibility index (Phi) is 5.11. The maximum atomic E-state index is 8.51. The monoisotopic (exact) mass is 255 g/mol. The van der Waals surface area contributed by atoms with E-state index in [0.29, 0.717) is 0 Å². The molecule has 0 fully saturated rings. The number of aromatic nitrogens is 1. The predicted molar refractivity (Wildman–Crippen MR) is 75.4 cm³/mol. The van der Waals surface area contributed by atoms with Crippen molar-refractivity contribution in [1.29, 1.82) is 0 Å². The van der Waals surface area contributed by atoms with E-state index in [1.54, 1.807) is 0 Å². The Hall–Kier alpha value is -2.16. The van der Waals surface area contributed by atoms with Crippen molar-refractivity contribution in [2.45, 2.75) is 25.8 Å². The van der Waals surface area contributed by atoms with Gasteiger partial charge in [-0.15, -0.1) is 0 Å². The number of rotatable bonds is 6. The lowest BCUT2D eigenvalue weighted by Crippen LogP contribution is -2.33. The number of aryl methyl sites for hydroxylation is 2. The van der Waals surface area contributed by atoms with Crippen LogP contribution < -0.4 is 4.57 Å². The van der Waals surface area contributed by atoms with Crippen molar-refractivity contribution in [1.82, 2.24) is 0 Å². The van der Waals surface area contributed by atoms with Crippen LogP contribution >= 0.6 is 0 Å². The van der Waals surface area contributed by atoms with Crippen molar-refractivity contribution in [3.8, 4) is 0 Å². The molecule has 0 saturated carbocycles. The van der Waals surface area contributed by atoms with Gasteiger partial charge in [0.05, 0.1) is 11.8 Å². The lowest BCUT2D eigenvalue weighted by Gasteiger charge is -2.00. The highest BCUT2D eigenvalue weighted by Crippen LogP contribution is 2.04. The molecule has 1 heterocycles. The van der Waals surface area contributed by atoms with Crippen LogP contribution in [-0.2, 0) is 13.0 Å². The molecule has 0 unspecified atom stereocenters. The standard InChI is InChI=1S/C16H18N2O/c19-17-13-16-10-6-12-18(14-16)11-5-4-9-15-7-2-1-3-8-15/h1-3,6-8,10,12-14H,4-5,9,11H2/p+1/b17-13-. The smallest absolute Gasteiger partial charge is 0.177 e. The lowest BCUT2D eigenvalue weighted by molar-refractivity contribution is -0.697. The second-order valence-corrected chi connectivity index (χ2v) is 4.56. The molecule has 0 bridgehead atoms. The summed E-state index contributed by atoms with van der Waals surface area (Å²) in [5.74, 6) is 0. The predicted octanol–water partition coefficient (Wildman–Crippen LogP) is 2.81. The van der Waals surface area contributed by atoms with Crippen LogP contribution in [0.5, 0.6) is 0 Å². The zero-order valence-corrected chi connectivity index (χ0v) is 10.9. The van der Waals surface area contributed by atoms with E-state index in [1.165, 1.54) is 18.2 Å². The molecule has 98 valence electrons. The van der Waals surface area contributed by atoms with Gasteiger partial charge in [-0.1, -0.05) is 35.5 Å². The normalized spacial score (nSPS) is 10.9. The van der Waals surface area contributed by atoms with Crippen LogP contribution in [-0.4, -0.2) is 11.4 Å². The Morgan fingerprint density at radius 2 is 1.89 bits per heavy atom. The van der Waals surface area contributed by atoms with Gasteiger partial charge in [-0.2, -0.15) is 0 Å². The summed E-state index contributed by atoms with van der Waals surface area (Å²) in [5, 5.41) is 11.6. The maximum Gasteiger partial charge on any atom is 0.177 e. The third-order valence-corrected chi connectivity index (χ3v) is 3.06. The van der Waals surface area contributed by atoms with Gasteiger partial charge in [0.15, 0.2) is 12.4 Å². The van der Waals surface area contributed by atoms with Crippen LogP contribution in [0.4, 0.5) is 0 Å². The number of hydrogen-bond donors (Lipinski definition) is 1. The molecule has 19 heavy (non-hydrogen) atoms. The van der Waals surface area contributed by atoms with Gasteiger partial charge >= 0.3 is 0 Å². The summed E-state index contributed by atoms with van der Waals surface area (Å²) in [6.07, 6.45) is 8.91. The Labute approximate surface area is 113 Å². The molecule has 3 heteroatoms. The fraction of sp³-hybridized carbons (Fsp3) is 0.250.